The SMILES string of the molecule is Cc1cc(N(CC(=O)OC(C)(C)C)C(=O)OC(C)(C)C)cc(C)c1F. The summed E-state index contributed by atoms with van der Waals surface area (Å²) in [6, 6.07) is 3.02. The molecule has 0 radical (unpaired) electrons. The van der Waals surface area contributed by atoms with Crippen molar-refractivity contribution in [1.29, 1.82) is 0 Å². The Morgan fingerprint density at radius 1 is 0.960 bits per heavy atom. The van der Waals surface area contributed by atoms with Gasteiger partial charge in [0.2, 0.25) is 0 Å². The Labute approximate surface area is 149 Å². The third-order valence-corrected chi connectivity index (χ3v) is 3.05. The number of amides is 1. The number of rotatable bonds is 3. The number of hydrogen-bond acceptors (Lipinski definition) is 4. The second kappa shape index (κ2) is 7.42. The third kappa shape index (κ3) is 6.72. The van der Waals surface area contributed by atoms with Crippen LogP contribution in [0, 0.1) is 19.7 Å². The summed E-state index contributed by atoms with van der Waals surface area (Å²) in [5, 5.41) is 0. The molecule has 0 bridgehead atoms. The Kier molecular flexibility index (Phi) is 6.21. The van der Waals surface area contributed by atoms with Crippen LogP contribution in [-0.4, -0.2) is 29.8 Å². The van der Waals surface area contributed by atoms with E-state index in [9.17, 15) is 14.0 Å². The number of benzene rings is 1. The van der Waals surface area contributed by atoms with Gasteiger partial charge in [0.1, 0.15) is 23.6 Å². The van der Waals surface area contributed by atoms with Crippen LogP contribution < -0.4 is 4.90 Å². The summed E-state index contributed by atoms with van der Waals surface area (Å²) in [6.07, 6.45) is -0.691. The molecule has 5 nitrogen and oxygen atoms in total. The van der Waals surface area contributed by atoms with Crippen molar-refractivity contribution >= 4 is 17.7 Å². The first-order valence-corrected chi connectivity index (χ1v) is 8.19. The van der Waals surface area contributed by atoms with E-state index >= 15 is 0 Å². The van der Waals surface area contributed by atoms with E-state index in [0.717, 1.165) is 0 Å². The standard InChI is InChI=1S/C19H28FNO4/c1-12-9-14(10-13(2)16(12)20)21(17(23)25-19(6,7)8)11-15(22)24-18(3,4)5/h9-10H,11H2,1-8H3. The minimum Gasteiger partial charge on any atom is -0.459 e. The van der Waals surface area contributed by atoms with Gasteiger partial charge in [-0.15, -0.1) is 0 Å². The number of halogens is 1. The van der Waals surface area contributed by atoms with Gasteiger partial charge in [-0.2, -0.15) is 0 Å². The number of aryl methyl sites for hydroxylation is 2. The van der Waals surface area contributed by atoms with E-state index < -0.39 is 23.3 Å². The zero-order valence-corrected chi connectivity index (χ0v) is 16.3. The number of carbonyl (C=O) groups excluding carboxylic acids is 2. The molecule has 0 atom stereocenters. The van der Waals surface area contributed by atoms with E-state index in [-0.39, 0.29) is 12.4 Å². The first kappa shape index (κ1) is 20.9. The topological polar surface area (TPSA) is 55.8 Å². The third-order valence-electron chi connectivity index (χ3n) is 3.05. The minimum absolute atomic E-state index is 0.323. The molecule has 0 spiro atoms. The molecule has 0 aromatic heterocycles. The fraction of sp³-hybridized carbons (Fsp3) is 0.579. The Bertz CT molecular complexity index is 633. The maximum absolute atomic E-state index is 13.9. The lowest BCUT2D eigenvalue weighted by Gasteiger charge is -2.28. The fourth-order valence-corrected chi connectivity index (χ4v) is 2.16. The maximum Gasteiger partial charge on any atom is 0.415 e. The van der Waals surface area contributed by atoms with Gasteiger partial charge in [0, 0.05) is 5.69 Å². The van der Waals surface area contributed by atoms with E-state index in [4.69, 9.17) is 9.47 Å². The number of carbonyl (C=O) groups is 2. The lowest BCUT2D eigenvalue weighted by molar-refractivity contribution is -0.153. The van der Waals surface area contributed by atoms with Crippen LogP contribution in [0.15, 0.2) is 12.1 Å². The van der Waals surface area contributed by atoms with Crippen molar-refractivity contribution in [3.8, 4) is 0 Å². The molecule has 25 heavy (non-hydrogen) atoms. The van der Waals surface area contributed by atoms with Gasteiger partial charge in [-0.25, -0.2) is 9.18 Å². The van der Waals surface area contributed by atoms with Crippen molar-refractivity contribution < 1.29 is 23.5 Å². The van der Waals surface area contributed by atoms with Crippen LogP contribution >= 0.6 is 0 Å². The number of ether oxygens (including phenoxy) is 2. The second-order valence-corrected chi connectivity index (χ2v) is 8.05. The molecule has 0 unspecified atom stereocenters. The summed E-state index contributed by atoms with van der Waals surface area (Å²) in [7, 11) is 0. The van der Waals surface area contributed by atoms with Gasteiger partial charge < -0.3 is 9.47 Å². The summed E-state index contributed by atoms with van der Waals surface area (Å²) >= 11 is 0. The molecule has 140 valence electrons. The number of anilines is 1. The van der Waals surface area contributed by atoms with Crippen molar-refractivity contribution in [2.75, 3.05) is 11.4 Å². The first-order valence-electron chi connectivity index (χ1n) is 8.19. The summed E-state index contributed by atoms with van der Waals surface area (Å²) in [6.45, 7) is 13.3. The summed E-state index contributed by atoms with van der Waals surface area (Å²) in [5.74, 6) is -0.914. The summed E-state index contributed by atoms with van der Waals surface area (Å²) in [5.41, 5.74) is -0.254. The van der Waals surface area contributed by atoms with E-state index in [1.54, 1.807) is 55.4 Å². The van der Waals surface area contributed by atoms with E-state index in [1.807, 2.05) is 0 Å². The molecule has 1 aromatic rings. The van der Waals surface area contributed by atoms with Gasteiger partial charge in [0.15, 0.2) is 0 Å². The van der Waals surface area contributed by atoms with Crippen LogP contribution in [0.5, 0.6) is 0 Å². The highest BCUT2D eigenvalue weighted by Crippen LogP contribution is 2.24. The summed E-state index contributed by atoms with van der Waals surface area (Å²) < 4.78 is 24.6. The molecule has 1 amide bonds. The number of hydrogen-bond donors (Lipinski definition) is 0. The first-order chi connectivity index (χ1) is 11.2. The van der Waals surface area contributed by atoms with Crippen molar-refractivity contribution in [2.45, 2.75) is 66.6 Å². The normalized spacial score (nSPS) is 11.9. The quantitative estimate of drug-likeness (QED) is 0.750. The molecular weight excluding hydrogens is 325 g/mol. The van der Waals surface area contributed by atoms with Crippen LogP contribution in [0.1, 0.15) is 52.7 Å². The molecule has 1 aromatic carbocycles. The molecule has 0 saturated carbocycles. The number of esters is 1. The molecule has 1 rings (SSSR count). The average molecular weight is 353 g/mol. The Balaban J connectivity index is 3.19. The van der Waals surface area contributed by atoms with Gasteiger partial charge in [-0.1, -0.05) is 0 Å². The van der Waals surface area contributed by atoms with Crippen LogP contribution in [-0.2, 0) is 14.3 Å². The van der Waals surface area contributed by atoms with E-state index in [2.05, 4.69) is 0 Å². The van der Waals surface area contributed by atoms with Gasteiger partial charge in [-0.3, -0.25) is 9.69 Å². The predicted octanol–water partition coefficient (Wildman–Crippen LogP) is 4.53. The second-order valence-electron chi connectivity index (χ2n) is 8.05. The van der Waals surface area contributed by atoms with Crippen molar-refractivity contribution in [3.05, 3.63) is 29.1 Å². The Hall–Kier alpha value is -2.11. The minimum atomic E-state index is -0.729. The number of nitrogens with zero attached hydrogens (tertiary/aromatic N) is 1. The highest BCUT2D eigenvalue weighted by molar-refractivity contribution is 5.93. The van der Waals surface area contributed by atoms with E-state index in [0.29, 0.717) is 16.8 Å². The molecule has 0 fully saturated rings. The Morgan fingerprint density at radius 2 is 1.40 bits per heavy atom. The maximum atomic E-state index is 13.9. The fourth-order valence-electron chi connectivity index (χ4n) is 2.16. The predicted molar refractivity (Wildman–Crippen MR) is 95.3 cm³/mol. The largest absolute Gasteiger partial charge is 0.459 e. The van der Waals surface area contributed by atoms with Crippen molar-refractivity contribution in [3.63, 3.8) is 0 Å². The molecule has 0 N–H and O–H groups in total. The lowest BCUT2D eigenvalue weighted by Crippen LogP contribution is -2.42. The average Bonchev–Trinajstić information content (AvgIpc) is 2.37. The smallest absolute Gasteiger partial charge is 0.415 e. The molecular formula is C19H28FNO4. The van der Waals surface area contributed by atoms with Crippen LogP contribution in [0.25, 0.3) is 0 Å². The molecule has 0 heterocycles. The van der Waals surface area contributed by atoms with Crippen LogP contribution in [0.4, 0.5) is 14.9 Å². The molecule has 0 saturated heterocycles. The van der Waals surface area contributed by atoms with Gasteiger partial charge in [0.05, 0.1) is 0 Å². The highest BCUT2D eigenvalue weighted by atomic mass is 19.1. The van der Waals surface area contributed by atoms with Gasteiger partial charge >= 0.3 is 12.1 Å². The zero-order valence-electron chi connectivity index (χ0n) is 16.3. The van der Waals surface area contributed by atoms with Crippen LogP contribution in [0.3, 0.4) is 0 Å². The van der Waals surface area contributed by atoms with Gasteiger partial charge in [-0.05, 0) is 78.6 Å². The van der Waals surface area contributed by atoms with Crippen molar-refractivity contribution in [1.82, 2.24) is 0 Å². The summed E-state index contributed by atoms with van der Waals surface area (Å²) in [4.78, 5) is 25.9. The van der Waals surface area contributed by atoms with Crippen LogP contribution in [0.2, 0.25) is 0 Å². The highest BCUT2D eigenvalue weighted by Gasteiger charge is 2.28. The zero-order chi connectivity index (χ0) is 19.6. The molecule has 0 aliphatic rings. The Morgan fingerprint density at radius 3 is 1.80 bits per heavy atom. The van der Waals surface area contributed by atoms with Crippen molar-refractivity contribution in [2.24, 2.45) is 0 Å². The monoisotopic (exact) mass is 353 g/mol. The lowest BCUT2D eigenvalue weighted by atomic mass is 10.1. The molecule has 0 aliphatic carbocycles. The molecule has 0 aliphatic heterocycles. The van der Waals surface area contributed by atoms with E-state index in [1.165, 1.54) is 17.0 Å². The molecule has 6 heteroatoms. The van der Waals surface area contributed by atoms with Gasteiger partial charge in [0.25, 0.3) is 0 Å².